The summed E-state index contributed by atoms with van der Waals surface area (Å²) in [4.78, 5) is 24.1. The van der Waals surface area contributed by atoms with Crippen LogP contribution in [0.5, 0.6) is 11.5 Å². The van der Waals surface area contributed by atoms with E-state index in [1.54, 1.807) is 31.4 Å². The highest BCUT2D eigenvalue weighted by Crippen LogP contribution is 2.18. The van der Waals surface area contributed by atoms with Crippen molar-refractivity contribution in [3.63, 3.8) is 0 Å². The number of hydrogen-bond acceptors (Lipinski definition) is 5. The molecule has 2 N–H and O–H groups in total. The third-order valence-electron chi connectivity index (χ3n) is 4.38. The molecule has 0 bridgehead atoms. The molecule has 3 aromatic rings. The van der Waals surface area contributed by atoms with Crippen molar-refractivity contribution in [2.24, 2.45) is 5.10 Å². The number of carbonyl (C=O) groups is 2. The van der Waals surface area contributed by atoms with E-state index >= 15 is 0 Å². The van der Waals surface area contributed by atoms with Crippen LogP contribution in [0.1, 0.15) is 21.5 Å². The van der Waals surface area contributed by atoms with Gasteiger partial charge in [-0.15, -0.1) is 0 Å². The molecule has 0 aromatic heterocycles. The van der Waals surface area contributed by atoms with Crippen LogP contribution >= 0.6 is 15.9 Å². The van der Waals surface area contributed by atoms with Crippen LogP contribution in [-0.4, -0.2) is 31.7 Å². The second kappa shape index (κ2) is 11.7. The Hall–Kier alpha value is -3.65. The molecule has 0 spiro atoms. The largest absolute Gasteiger partial charge is 0.497 e. The Balaban J connectivity index is 1.49. The van der Waals surface area contributed by atoms with E-state index in [1.807, 2.05) is 48.5 Å². The number of hydrogen-bond donors (Lipinski definition) is 2. The Kier molecular flexibility index (Phi) is 8.39. The van der Waals surface area contributed by atoms with Gasteiger partial charge < -0.3 is 14.8 Å². The molecule has 7 nitrogen and oxygen atoms in total. The monoisotopic (exact) mass is 495 g/mol. The van der Waals surface area contributed by atoms with Crippen molar-refractivity contribution >= 4 is 34.0 Å². The van der Waals surface area contributed by atoms with Crippen LogP contribution in [0.4, 0.5) is 0 Å². The smallest absolute Gasteiger partial charge is 0.259 e. The lowest BCUT2D eigenvalue weighted by Gasteiger charge is -2.09. The van der Waals surface area contributed by atoms with E-state index in [4.69, 9.17) is 9.47 Å². The molecule has 3 aromatic carbocycles. The van der Waals surface area contributed by atoms with Crippen LogP contribution in [0.15, 0.2) is 82.4 Å². The SMILES string of the molecule is COc1ccc(C(=O)NCC(=O)N/N=C\c2ccccc2OCc2ccc(Br)cc2)cc1. The van der Waals surface area contributed by atoms with Gasteiger partial charge in [-0.2, -0.15) is 5.10 Å². The van der Waals surface area contributed by atoms with Crippen LogP contribution in [0.25, 0.3) is 0 Å². The minimum absolute atomic E-state index is 0.204. The van der Waals surface area contributed by atoms with Crippen LogP contribution in [-0.2, 0) is 11.4 Å². The number of benzene rings is 3. The van der Waals surface area contributed by atoms with Gasteiger partial charge in [-0.05, 0) is 54.1 Å². The number of para-hydroxylation sites is 1. The number of nitrogens with one attached hydrogen (secondary N) is 2. The van der Waals surface area contributed by atoms with Gasteiger partial charge in [0, 0.05) is 15.6 Å². The molecule has 0 fully saturated rings. The molecule has 0 aliphatic heterocycles. The summed E-state index contributed by atoms with van der Waals surface area (Å²) in [6, 6.07) is 21.8. The topological polar surface area (TPSA) is 89.0 Å². The number of ether oxygens (including phenoxy) is 2. The van der Waals surface area contributed by atoms with E-state index in [0.29, 0.717) is 29.2 Å². The molecule has 8 heteroatoms. The van der Waals surface area contributed by atoms with Gasteiger partial charge in [-0.25, -0.2) is 5.43 Å². The Morgan fingerprint density at radius 2 is 1.72 bits per heavy atom. The first kappa shape index (κ1) is 23.0. The molecule has 0 aliphatic rings. The Morgan fingerprint density at radius 1 is 1.00 bits per heavy atom. The first-order valence-electron chi connectivity index (χ1n) is 9.75. The number of methoxy groups -OCH3 is 1. The summed E-state index contributed by atoms with van der Waals surface area (Å²) < 4.78 is 11.9. The van der Waals surface area contributed by atoms with Crippen molar-refractivity contribution in [3.8, 4) is 11.5 Å². The zero-order valence-electron chi connectivity index (χ0n) is 17.4. The lowest BCUT2D eigenvalue weighted by Crippen LogP contribution is -2.34. The third kappa shape index (κ3) is 6.95. The average molecular weight is 496 g/mol. The third-order valence-corrected chi connectivity index (χ3v) is 4.91. The van der Waals surface area contributed by atoms with Crippen LogP contribution in [0, 0.1) is 0 Å². The quantitative estimate of drug-likeness (QED) is 0.347. The van der Waals surface area contributed by atoms with E-state index in [1.165, 1.54) is 6.21 Å². The van der Waals surface area contributed by atoms with Gasteiger partial charge in [0.15, 0.2) is 0 Å². The molecular formula is C24H22BrN3O4. The highest BCUT2D eigenvalue weighted by Gasteiger charge is 2.08. The van der Waals surface area contributed by atoms with E-state index in [-0.39, 0.29) is 12.5 Å². The van der Waals surface area contributed by atoms with Crippen molar-refractivity contribution < 1.29 is 19.1 Å². The molecule has 0 unspecified atom stereocenters. The fourth-order valence-electron chi connectivity index (χ4n) is 2.68. The Morgan fingerprint density at radius 3 is 2.44 bits per heavy atom. The number of nitrogens with zero attached hydrogens (tertiary/aromatic N) is 1. The summed E-state index contributed by atoms with van der Waals surface area (Å²) in [5, 5.41) is 6.51. The van der Waals surface area contributed by atoms with Gasteiger partial charge in [0.05, 0.1) is 19.9 Å². The molecule has 0 radical (unpaired) electrons. The number of amides is 2. The number of carbonyl (C=O) groups excluding carboxylic acids is 2. The van der Waals surface area contributed by atoms with Gasteiger partial charge in [-0.3, -0.25) is 9.59 Å². The zero-order valence-corrected chi connectivity index (χ0v) is 19.0. The molecule has 2 amide bonds. The first-order chi connectivity index (χ1) is 15.5. The number of halogens is 1. The van der Waals surface area contributed by atoms with E-state index in [9.17, 15) is 9.59 Å². The highest BCUT2D eigenvalue weighted by molar-refractivity contribution is 9.10. The molecular weight excluding hydrogens is 474 g/mol. The standard InChI is InChI=1S/C24H22BrN3O4/c1-31-21-12-8-18(9-13-21)24(30)26-15-23(29)28-27-14-19-4-2-3-5-22(19)32-16-17-6-10-20(25)11-7-17/h2-14H,15-16H2,1H3,(H,26,30)(H,28,29)/b27-14-. The maximum atomic E-state index is 12.1. The van der Waals surface area contributed by atoms with E-state index in [2.05, 4.69) is 31.8 Å². The normalized spacial score (nSPS) is 10.6. The van der Waals surface area contributed by atoms with Crippen molar-refractivity contribution in [1.82, 2.24) is 10.7 Å². The summed E-state index contributed by atoms with van der Waals surface area (Å²) in [6.07, 6.45) is 1.50. The summed E-state index contributed by atoms with van der Waals surface area (Å²) in [5.41, 5.74) is 4.57. The van der Waals surface area contributed by atoms with E-state index < -0.39 is 5.91 Å². The second-order valence-corrected chi connectivity index (χ2v) is 7.57. The van der Waals surface area contributed by atoms with Gasteiger partial charge in [0.2, 0.25) is 0 Å². The summed E-state index contributed by atoms with van der Waals surface area (Å²) >= 11 is 3.41. The highest BCUT2D eigenvalue weighted by atomic mass is 79.9. The molecule has 0 aliphatic carbocycles. The minimum atomic E-state index is -0.448. The average Bonchev–Trinajstić information content (AvgIpc) is 2.83. The zero-order chi connectivity index (χ0) is 22.8. The molecule has 0 saturated carbocycles. The van der Waals surface area contributed by atoms with Crippen molar-refractivity contribution in [3.05, 3.63) is 94.0 Å². The second-order valence-electron chi connectivity index (χ2n) is 6.66. The maximum Gasteiger partial charge on any atom is 0.259 e. The predicted molar refractivity (Wildman–Crippen MR) is 126 cm³/mol. The fourth-order valence-corrected chi connectivity index (χ4v) is 2.94. The van der Waals surface area contributed by atoms with Crippen molar-refractivity contribution in [2.45, 2.75) is 6.61 Å². The van der Waals surface area contributed by atoms with Crippen LogP contribution < -0.4 is 20.2 Å². The van der Waals surface area contributed by atoms with Gasteiger partial charge >= 0.3 is 0 Å². The maximum absolute atomic E-state index is 12.1. The lowest BCUT2D eigenvalue weighted by atomic mass is 10.2. The Bertz CT molecular complexity index is 1080. The number of hydrazone groups is 1. The first-order valence-corrected chi connectivity index (χ1v) is 10.5. The summed E-state index contributed by atoms with van der Waals surface area (Å²) in [7, 11) is 1.55. The fraction of sp³-hybridized carbons (Fsp3) is 0.125. The summed E-state index contributed by atoms with van der Waals surface area (Å²) in [5.74, 6) is 0.478. The Labute approximate surface area is 194 Å². The number of rotatable bonds is 9. The van der Waals surface area contributed by atoms with Crippen LogP contribution in [0.2, 0.25) is 0 Å². The van der Waals surface area contributed by atoms with Gasteiger partial charge in [-0.1, -0.05) is 40.2 Å². The summed E-state index contributed by atoms with van der Waals surface area (Å²) in [6.45, 7) is 0.200. The molecule has 0 atom stereocenters. The van der Waals surface area contributed by atoms with Crippen LogP contribution in [0.3, 0.4) is 0 Å². The molecule has 32 heavy (non-hydrogen) atoms. The van der Waals surface area contributed by atoms with Gasteiger partial charge in [0.1, 0.15) is 18.1 Å². The van der Waals surface area contributed by atoms with Crippen molar-refractivity contribution in [1.29, 1.82) is 0 Å². The molecule has 164 valence electrons. The predicted octanol–water partition coefficient (Wildman–Crippen LogP) is 3.92. The van der Waals surface area contributed by atoms with E-state index in [0.717, 1.165) is 10.0 Å². The molecule has 3 rings (SSSR count). The minimum Gasteiger partial charge on any atom is -0.497 e. The molecule has 0 saturated heterocycles. The van der Waals surface area contributed by atoms with Gasteiger partial charge in [0.25, 0.3) is 11.8 Å². The molecule has 0 heterocycles. The van der Waals surface area contributed by atoms with Crippen molar-refractivity contribution in [2.75, 3.05) is 13.7 Å². The lowest BCUT2D eigenvalue weighted by molar-refractivity contribution is -0.120.